The van der Waals surface area contributed by atoms with Gasteiger partial charge in [-0.15, -0.1) is 0 Å². The summed E-state index contributed by atoms with van der Waals surface area (Å²) in [6.07, 6.45) is -1.07. The molecule has 4 nitrogen and oxygen atoms in total. The molecule has 0 aliphatic rings. The summed E-state index contributed by atoms with van der Waals surface area (Å²) in [5, 5.41) is 22.2. The second-order valence-corrected chi connectivity index (χ2v) is 8.34. The average Bonchev–Trinajstić information content (AvgIpc) is 2.65. The monoisotopic (exact) mass is 447 g/mol. The first-order chi connectivity index (χ1) is 12.0. The molecule has 2 aromatic carbocycles. The Morgan fingerprint density at radius 3 is 2.04 bits per heavy atom. The number of amides is 1. The Balaban J connectivity index is 2.12. The minimum atomic E-state index is -1.25. The number of rotatable bonds is 7. The van der Waals surface area contributed by atoms with Gasteiger partial charge in [0.05, 0.1) is 0 Å². The molecule has 0 saturated heterocycles. The molecule has 2 unspecified atom stereocenters. The topological polar surface area (TPSA) is 69.6 Å². The molecule has 2 atom stereocenters. The molecular formula is C18H19Cl2NO3Se. The first-order valence-corrected chi connectivity index (χ1v) is 11.0. The number of hydrogen-bond donors (Lipinski definition) is 3. The van der Waals surface area contributed by atoms with E-state index < -0.39 is 29.5 Å². The molecule has 2 aromatic rings. The molecule has 0 saturated carbocycles. The summed E-state index contributed by atoms with van der Waals surface area (Å²) in [5.74, 6) is 1.52. The van der Waals surface area contributed by atoms with Crippen LogP contribution in [0.1, 0.15) is 11.7 Å². The van der Waals surface area contributed by atoms with Crippen LogP contribution in [0.5, 0.6) is 0 Å². The molecule has 0 fully saturated rings. The van der Waals surface area contributed by atoms with Gasteiger partial charge in [0.25, 0.3) is 0 Å². The first kappa shape index (κ1) is 20.2. The van der Waals surface area contributed by atoms with Gasteiger partial charge in [-0.25, -0.2) is 0 Å². The predicted molar refractivity (Wildman–Crippen MR) is 103 cm³/mol. The fourth-order valence-electron chi connectivity index (χ4n) is 2.36. The van der Waals surface area contributed by atoms with E-state index in [0.29, 0.717) is 20.5 Å². The molecule has 7 heteroatoms. The van der Waals surface area contributed by atoms with Crippen molar-refractivity contribution in [3.05, 3.63) is 54.1 Å². The van der Waals surface area contributed by atoms with Gasteiger partial charge in [-0.2, -0.15) is 0 Å². The third-order valence-electron chi connectivity index (χ3n) is 3.78. The molecule has 0 heterocycles. The predicted octanol–water partition coefficient (Wildman–Crippen LogP) is 2.05. The number of carbonyl (C=O) groups excluding carboxylic acids is 1. The quantitative estimate of drug-likeness (QED) is 0.450. The van der Waals surface area contributed by atoms with Crippen molar-refractivity contribution in [3.63, 3.8) is 0 Å². The van der Waals surface area contributed by atoms with Crippen molar-refractivity contribution in [2.24, 2.45) is 0 Å². The van der Waals surface area contributed by atoms with Gasteiger partial charge < -0.3 is 0 Å². The number of alkyl halides is 2. The zero-order valence-electron chi connectivity index (χ0n) is 13.5. The summed E-state index contributed by atoms with van der Waals surface area (Å²) in [4.78, 5) is 10.3. The summed E-state index contributed by atoms with van der Waals surface area (Å²) in [6.45, 7) is -0.435. The maximum absolute atomic E-state index is 11.5. The standard InChI is InChI=1S/C18H19Cl2NO3Se/c1-25-14-8-6-12(7-9-14)11-2-4-13(5-3-11)16(23)15(10-22)21-18(24)17(19)20/h2-9,15-17,22-23H,10H2,1H3,(H,21,24). The molecule has 0 aliphatic carbocycles. The van der Waals surface area contributed by atoms with Crippen LogP contribution in [0.3, 0.4) is 0 Å². The number of benzene rings is 2. The molecule has 0 bridgehead atoms. The zero-order chi connectivity index (χ0) is 18.4. The molecule has 0 aliphatic heterocycles. The summed E-state index contributed by atoms with van der Waals surface area (Å²) < 4.78 is 1.33. The van der Waals surface area contributed by atoms with Gasteiger partial charge in [0, 0.05) is 0 Å². The van der Waals surface area contributed by atoms with E-state index in [0.717, 1.165) is 11.1 Å². The molecule has 134 valence electrons. The van der Waals surface area contributed by atoms with E-state index in [1.165, 1.54) is 4.46 Å². The van der Waals surface area contributed by atoms with Gasteiger partial charge in [-0.3, -0.25) is 4.79 Å². The number of hydrogen-bond acceptors (Lipinski definition) is 3. The van der Waals surface area contributed by atoms with Crippen molar-refractivity contribution in [2.75, 3.05) is 6.61 Å². The Morgan fingerprint density at radius 2 is 1.60 bits per heavy atom. The van der Waals surface area contributed by atoms with Crippen LogP contribution in [0.25, 0.3) is 11.1 Å². The van der Waals surface area contributed by atoms with E-state index in [2.05, 4.69) is 35.4 Å². The van der Waals surface area contributed by atoms with Crippen LogP contribution in [0.4, 0.5) is 0 Å². The second kappa shape index (κ2) is 9.58. The van der Waals surface area contributed by atoms with E-state index in [4.69, 9.17) is 23.2 Å². The molecule has 2 rings (SSSR count). The van der Waals surface area contributed by atoms with E-state index in [1.54, 1.807) is 12.1 Å². The van der Waals surface area contributed by atoms with Gasteiger partial charge in [0.15, 0.2) is 4.84 Å². The van der Waals surface area contributed by atoms with Crippen LogP contribution in [0.2, 0.25) is 5.82 Å². The molecule has 0 radical (unpaired) electrons. The molecule has 0 aromatic heterocycles. The van der Waals surface area contributed by atoms with Crippen molar-refractivity contribution in [1.82, 2.24) is 5.32 Å². The Labute approximate surface area is 163 Å². The van der Waals surface area contributed by atoms with Crippen molar-refractivity contribution >= 4 is 48.5 Å². The number of carbonyl (C=O) groups is 1. The Kier molecular flexibility index (Phi) is 7.76. The number of halogens is 2. The van der Waals surface area contributed by atoms with Crippen molar-refractivity contribution in [1.29, 1.82) is 0 Å². The zero-order valence-corrected chi connectivity index (χ0v) is 16.7. The maximum atomic E-state index is 11.5. The van der Waals surface area contributed by atoms with Gasteiger partial charge in [-0.05, 0) is 0 Å². The minimum absolute atomic E-state index is 0.435. The van der Waals surface area contributed by atoms with Crippen molar-refractivity contribution in [3.8, 4) is 11.1 Å². The van der Waals surface area contributed by atoms with Crippen LogP contribution in [-0.4, -0.2) is 48.6 Å². The molecule has 3 N–H and O–H groups in total. The van der Waals surface area contributed by atoms with E-state index in [9.17, 15) is 15.0 Å². The number of nitrogens with one attached hydrogen (secondary N) is 1. The third-order valence-corrected chi connectivity index (χ3v) is 5.74. The number of aliphatic hydroxyl groups is 2. The Bertz CT molecular complexity index is 692. The van der Waals surface area contributed by atoms with E-state index in [-0.39, 0.29) is 0 Å². The normalized spacial score (nSPS) is 13.5. The van der Waals surface area contributed by atoms with Crippen LogP contribution in [0, 0.1) is 0 Å². The van der Waals surface area contributed by atoms with Crippen molar-refractivity contribution < 1.29 is 15.0 Å². The second-order valence-electron chi connectivity index (χ2n) is 5.39. The van der Waals surface area contributed by atoms with Gasteiger partial charge >= 0.3 is 131 Å². The Hall–Kier alpha value is -1.07. The molecule has 0 spiro atoms. The van der Waals surface area contributed by atoms with Crippen LogP contribution in [0.15, 0.2) is 48.5 Å². The summed E-state index contributed by atoms with van der Waals surface area (Å²) in [5.41, 5.74) is 2.70. The third kappa shape index (κ3) is 5.45. The average molecular weight is 447 g/mol. The summed E-state index contributed by atoms with van der Waals surface area (Å²) >= 11 is 11.4. The van der Waals surface area contributed by atoms with Gasteiger partial charge in [0.1, 0.15) is 0 Å². The Morgan fingerprint density at radius 1 is 1.08 bits per heavy atom. The SMILES string of the molecule is C[Se]c1ccc(-c2ccc(C(O)C(CO)NC(=O)C(Cl)Cl)cc2)cc1. The van der Waals surface area contributed by atoms with Crippen molar-refractivity contribution in [2.45, 2.75) is 22.8 Å². The fourth-order valence-corrected chi connectivity index (χ4v) is 3.34. The fraction of sp³-hybridized carbons (Fsp3) is 0.278. The molecular weight excluding hydrogens is 428 g/mol. The summed E-state index contributed by atoms with van der Waals surface area (Å²) in [6, 6.07) is 14.8. The van der Waals surface area contributed by atoms with Crippen LogP contribution < -0.4 is 9.78 Å². The van der Waals surface area contributed by atoms with Gasteiger partial charge in [-0.1, -0.05) is 23.2 Å². The first-order valence-electron chi connectivity index (χ1n) is 7.58. The van der Waals surface area contributed by atoms with Crippen LogP contribution >= 0.6 is 23.2 Å². The van der Waals surface area contributed by atoms with Crippen LogP contribution in [-0.2, 0) is 4.79 Å². The van der Waals surface area contributed by atoms with E-state index >= 15 is 0 Å². The number of aliphatic hydroxyl groups excluding tert-OH is 2. The van der Waals surface area contributed by atoms with E-state index in [1.807, 2.05) is 12.1 Å². The van der Waals surface area contributed by atoms with Gasteiger partial charge in [0.2, 0.25) is 0 Å². The summed E-state index contributed by atoms with van der Waals surface area (Å²) in [7, 11) is 0. The molecule has 25 heavy (non-hydrogen) atoms. The molecule has 1 amide bonds.